The standard InChI is InChI=1S/C22H29N3O5S/c1-24(31(2,28)29)20-9-5-6-10-21(20)30-16-22(27)23-13-19(26)15-25-12-11-17-7-3-4-8-18(17)14-25/h3-10,19,26H,11-16H2,1-2H3,(H,23,27). The van der Waals surface area contributed by atoms with Crippen LogP contribution in [0.2, 0.25) is 0 Å². The number of rotatable bonds is 9. The number of ether oxygens (including phenoxy) is 1. The van der Waals surface area contributed by atoms with Gasteiger partial charge < -0.3 is 15.2 Å². The maximum Gasteiger partial charge on any atom is 0.258 e. The number of sulfonamides is 1. The Kier molecular flexibility index (Phi) is 7.53. The van der Waals surface area contributed by atoms with Crippen LogP contribution in [0.25, 0.3) is 0 Å². The summed E-state index contributed by atoms with van der Waals surface area (Å²) in [7, 11) is -2.03. The van der Waals surface area contributed by atoms with Crippen LogP contribution in [-0.4, -0.2) is 70.0 Å². The number of anilines is 1. The van der Waals surface area contributed by atoms with Gasteiger partial charge >= 0.3 is 0 Å². The fraction of sp³-hybridized carbons (Fsp3) is 0.409. The molecule has 0 aromatic heterocycles. The Hall–Kier alpha value is -2.62. The molecular weight excluding hydrogens is 418 g/mol. The number of fused-ring (bicyclic) bond motifs is 1. The molecule has 2 aromatic carbocycles. The quantitative estimate of drug-likeness (QED) is 0.595. The number of aliphatic hydroxyl groups is 1. The van der Waals surface area contributed by atoms with E-state index in [0.717, 1.165) is 30.1 Å². The first-order valence-corrected chi connectivity index (χ1v) is 12.0. The van der Waals surface area contributed by atoms with Gasteiger partial charge in [0.25, 0.3) is 5.91 Å². The first-order chi connectivity index (χ1) is 14.7. The van der Waals surface area contributed by atoms with Crippen LogP contribution in [0.15, 0.2) is 48.5 Å². The van der Waals surface area contributed by atoms with Crippen molar-refractivity contribution < 1.29 is 23.1 Å². The van der Waals surface area contributed by atoms with Gasteiger partial charge in [-0.05, 0) is 29.7 Å². The van der Waals surface area contributed by atoms with E-state index in [0.29, 0.717) is 12.2 Å². The van der Waals surface area contributed by atoms with Crippen molar-refractivity contribution in [1.82, 2.24) is 10.2 Å². The van der Waals surface area contributed by atoms with Gasteiger partial charge in [-0.25, -0.2) is 8.42 Å². The van der Waals surface area contributed by atoms with Gasteiger partial charge in [-0.2, -0.15) is 0 Å². The van der Waals surface area contributed by atoms with Crippen molar-refractivity contribution in [2.45, 2.75) is 19.1 Å². The summed E-state index contributed by atoms with van der Waals surface area (Å²) in [5.74, 6) is -0.0991. The van der Waals surface area contributed by atoms with E-state index in [1.165, 1.54) is 18.2 Å². The molecule has 2 aromatic rings. The van der Waals surface area contributed by atoms with Crippen molar-refractivity contribution >= 4 is 21.6 Å². The van der Waals surface area contributed by atoms with Crippen molar-refractivity contribution in [3.63, 3.8) is 0 Å². The number of benzene rings is 2. The third-order valence-electron chi connectivity index (χ3n) is 5.27. The molecule has 0 bridgehead atoms. The lowest BCUT2D eigenvalue weighted by Gasteiger charge is -2.30. The molecule has 8 nitrogen and oxygen atoms in total. The molecule has 0 fully saturated rings. The molecule has 1 amide bonds. The van der Waals surface area contributed by atoms with Crippen LogP contribution in [0.3, 0.4) is 0 Å². The van der Waals surface area contributed by atoms with E-state index in [2.05, 4.69) is 22.3 Å². The first-order valence-electron chi connectivity index (χ1n) is 10.1. The zero-order chi connectivity index (χ0) is 22.4. The van der Waals surface area contributed by atoms with Crippen LogP contribution in [0.5, 0.6) is 5.75 Å². The van der Waals surface area contributed by atoms with Gasteiger partial charge in [0.05, 0.1) is 18.0 Å². The fourth-order valence-electron chi connectivity index (χ4n) is 3.52. The Morgan fingerprint density at radius 1 is 1.19 bits per heavy atom. The lowest BCUT2D eigenvalue weighted by molar-refractivity contribution is -0.123. The molecular formula is C22H29N3O5S. The van der Waals surface area contributed by atoms with Crippen molar-refractivity contribution in [3.8, 4) is 5.75 Å². The Morgan fingerprint density at radius 2 is 1.87 bits per heavy atom. The molecule has 0 saturated carbocycles. The summed E-state index contributed by atoms with van der Waals surface area (Å²) in [4.78, 5) is 14.3. The van der Waals surface area contributed by atoms with Crippen LogP contribution < -0.4 is 14.4 Å². The van der Waals surface area contributed by atoms with E-state index in [1.807, 2.05) is 12.1 Å². The molecule has 3 rings (SSSR count). The molecule has 1 atom stereocenters. The van der Waals surface area contributed by atoms with Gasteiger partial charge in [0.15, 0.2) is 6.61 Å². The maximum absolute atomic E-state index is 12.2. The van der Waals surface area contributed by atoms with E-state index in [4.69, 9.17) is 4.74 Å². The molecule has 1 aliphatic rings. The number of para-hydroxylation sites is 2. The molecule has 2 N–H and O–H groups in total. The molecule has 0 spiro atoms. The molecule has 0 saturated heterocycles. The van der Waals surface area contributed by atoms with Gasteiger partial charge in [0, 0.05) is 33.2 Å². The first kappa shape index (κ1) is 23.1. The summed E-state index contributed by atoms with van der Waals surface area (Å²) < 4.78 is 30.2. The lowest BCUT2D eigenvalue weighted by Crippen LogP contribution is -2.42. The van der Waals surface area contributed by atoms with Crippen LogP contribution in [0.1, 0.15) is 11.1 Å². The molecule has 9 heteroatoms. The predicted octanol–water partition coefficient (Wildman–Crippen LogP) is 0.997. The summed E-state index contributed by atoms with van der Waals surface area (Å²) in [6.07, 6.45) is 1.35. The van der Waals surface area contributed by atoms with Crippen molar-refractivity contribution in [2.75, 3.05) is 43.8 Å². The van der Waals surface area contributed by atoms with Gasteiger partial charge in [0.1, 0.15) is 5.75 Å². The number of carbonyl (C=O) groups excluding carboxylic acids is 1. The van der Waals surface area contributed by atoms with Crippen molar-refractivity contribution in [2.24, 2.45) is 0 Å². The van der Waals surface area contributed by atoms with E-state index in [9.17, 15) is 18.3 Å². The van der Waals surface area contributed by atoms with Crippen LogP contribution in [-0.2, 0) is 27.8 Å². The number of β-amino-alcohol motifs (C(OH)–C–C–N with tert-alkyl or cyclic N) is 1. The summed E-state index contributed by atoms with van der Waals surface area (Å²) in [5, 5.41) is 13.0. The second-order valence-electron chi connectivity index (χ2n) is 7.70. The van der Waals surface area contributed by atoms with E-state index in [1.54, 1.807) is 24.3 Å². The minimum Gasteiger partial charge on any atom is -0.482 e. The second-order valence-corrected chi connectivity index (χ2v) is 9.71. The van der Waals surface area contributed by atoms with E-state index in [-0.39, 0.29) is 24.8 Å². The highest BCUT2D eigenvalue weighted by Crippen LogP contribution is 2.28. The van der Waals surface area contributed by atoms with Crippen molar-refractivity contribution in [3.05, 3.63) is 59.7 Å². The highest BCUT2D eigenvalue weighted by molar-refractivity contribution is 7.92. The molecule has 0 radical (unpaired) electrons. The number of hydrogen-bond donors (Lipinski definition) is 2. The Balaban J connectivity index is 1.45. The predicted molar refractivity (Wildman–Crippen MR) is 120 cm³/mol. The SMILES string of the molecule is CN(c1ccccc1OCC(=O)NCC(O)CN1CCc2ccccc2C1)S(C)(=O)=O. The highest BCUT2D eigenvalue weighted by atomic mass is 32.2. The second kappa shape index (κ2) is 10.1. The minimum atomic E-state index is -3.46. The number of carbonyl (C=O) groups is 1. The molecule has 1 heterocycles. The summed E-state index contributed by atoms with van der Waals surface area (Å²) in [5.41, 5.74) is 2.97. The summed E-state index contributed by atoms with van der Waals surface area (Å²) >= 11 is 0. The number of hydrogen-bond acceptors (Lipinski definition) is 6. The average molecular weight is 448 g/mol. The minimum absolute atomic E-state index is 0.116. The largest absolute Gasteiger partial charge is 0.482 e. The number of nitrogens with one attached hydrogen (secondary N) is 1. The molecule has 1 aliphatic heterocycles. The van der Waals surface area contributed by atoms with Crippen LogP contribution >= 0.6 is 0 Å². The zero-order valence-corrected chi connectivity index (χ0v) is 18.6. The van der Waals surface area contributed by atoms with Crippen LogP contribution in [0, 0.1) is 0 Å². The third kappa shape index (κ3) is 6.43. The van der Waals surface area contributed by atoms with E-state index < -0.39 is 16.1 Å². The molecule has 31 heavy (non-hydrogen) atoms. The van der Waals surface area contributed by atoms with Crippen LogP contribution in [0.4, 0.5) is 5.69 Å². The summed E-state index contributed by atoms with van der Waals surface area (Å²) in [6.45, 7) is 1.96. The number of amides is 1. The number of aliphatic hydroxyl groups excluding tert-OH is 1. The molecule has 0 aliphatic carbocycles. The average Bonchev–Trinajstić information content (AvgIpc) is 2.75. The third-order valence-corrected chi connectivity index (χ3v) is 6.47. The van der Waals surface area contributed by atoms with Gasteiger partial charge in [-0.1, -0.05) is 36.4 Å². The Morgan fingerprint density at radius 3 is 2.61 bits per heavy atom. The van der Waals surface area contributed by atoms with Gasteiger partial charge in [-0.3, -0.25) is 14.0 Å². The van der Waals surface area contributed by atoms with Crippen molar-refractivity contribution in [1.29, 1.82) is 0 Å². The number of nitrogens with zero attached hydrogens (tertiary/aromatic N) is 2. The Labute approximate surface area is 183 Å². The van der Waals surface area contributed by atoms with E-state index >= 15 is 0 Å². The normalized spacial score (nSPS) is 15.1. The summed E-state index contributed by atoms with van der Waals surface area (Å²) in [6, 6.07) is 14.9. The fourth-order valence-corrected chi connectivity index (χ4v) is 4.02. The monoisotopic (exact) mass is 447 g/mol. The molecule has 168 valence electrons. The highest BCUT2D eigenvalue weighted by Gasteiger charge is 2.20. The maximum atomic E-state index is 12.2. The smallest absolute Gasteiger partial charge is 0.258 e. The Bertz CT molecular complexity index is 1010. The topological polar surface area (TPSA) is 99.2 Å². The van der Waals surface area contributed by atoms with Gasteiger partial charge in [-0.15, -0.1) is 0 Å². The zero-order valence-electron chi connectivity index (χ0n) is 17.8. The molecule has 1 unspecified atom stereocenters. The lowest BCUT2D eigenvalue weighted by atomic mass is 10.00. The van der Waals surface area contributed by atoms with Gasteiger partial charge in [0.2, 0.25) is 10.0 Å².